The van der Waals surface area contributed by atoms with E-state index < -0.39 is 15.3 Å². The largest absolute Gasteiger partial charge is 0.506 e. The lowest BCUT2D eigenvalue weighted by Gasteiger charge is -2.25. The van der Waals surface area contributed by atoms with Gasteiger partial charge in [0.05, 0.1) is 39.2 Å². The lowest BCUT2D eigenvalue weighted by Crippen LogP contribution is -2.43. The van der Waals surface area contributed by atoms with Gasteiger partial charge in [-0.3, -0.25) is 9.29 Å². The Morgan fingerprint density at radius 1 is 1.31 bits per heavy atom. The number of hydrogen-bond donors (Lipinski definition) is 2. The first-order valence-corrected chi connectivity index (χ1v) is 12.1. The zero-order valence-electron chi connectivity index (χ0n) is 18.7. The van der Waals surface area contributed by atoms with Crippen LogP contribution in [0.3, 0.4) is 0 Å². The first kappa shape index (κ1) is 22.6. The molecule has 4 heterocycles. The highest BCUT2D eigenvalue weighted by Crippen LogP contribution is 2.36. The number of imidazole rings is 1. The second-order valence-corrected chi connectivity index (χ2v) is 9.41. The number of ether oxygens (including phenoxy) is 3. The van der Waals surface area contributed by atoms with Gasteiger partial charge in [-0.1, -0.05) is 11.8 Å². The standard InChI is InChI=1S/C22H20N6O6S/c1-3-34-18-9-4-6-14(24-18)21-26-20-22(28(21)19-15(29)7-5-8-16(19)32-2)25-17(10-23-20)27-35(30,31)13-11-33-12-13/h5,7-10,13,29H,3,11-12H2,1-2H3,(H,25,27). The number of aromatic hydroxyl groups is 1. The number of aromatic nitrogens is 4. The molecule has 12 nitrogen and oxygen atoms in total. The molecular formula is C22H20N6O6S. The van der Waals surface area contributed by atoms with Gasteiger partial charge in [-0.25, -0.2) is 28.4 Å². The molecule has 0 amide bonds. The van der Waals surface area contributed by atoms with Gasteiger partial charge in [0.25, 0.3) is 0 Å². The average Bonchev–Trinajstić information content (AvgIpc) is 3.16. The van der Waals surface area contributed by atoms with Gasteiger partial charge in [0, 0.05) is 0 Å². The number of rotatable bonds is 7. The van der Waals surface area contributed by atoms with E-state index in [9.17, 15) is 13.5 Å². The van der Waals surface area contributed by atoms with Gasteiger partial charge in [0.1, 0.15) is 22.4 Å². The number of anilines is 1. The second-order valence-electron chi connectivity index (χ2n) is 7.45. The molecule has 0 unspecified atom stereocenters. The van der Waals surface area contributed by atoms with Gasteiger partial charge >= 0.3 is 0 Å². The van der Waals surface area contributed by atoms with Crippen molar-refractivity contribution < 1.29 is 27.7 Å². The number of phenols is 1. The Kier molecular flexibility index (Phi) is 5.75. The number of methoxy groups -OCH3 is 1. The van der Waals surface area contributed by atoms with Gasteiger partial charge < -0.3 is 19.3 Å². The summed E-state index contributed by atoms with van der Waals surface area (Å²) in [7, 11) is -2.27. The van der Waals surface area contributed by atoms with Crippen LogP contribution in [0, 0.1) is 0 Å². The molecule has 35 heavy (non-hydrogen) atoms. The van der Waals surface area contributed by atoms with Crippen molar-refractivity contribution >= 4 is 38.7 Å². The van der Waals surface area contributed by atoms with E-state index in [-0.39, 0.29) is 53.3 Å². The smallest absolute Gasteiger partial charge is 0.241 e. The fraction of sp³-hybridized carbons (Fsp3) is 0.273. The van der Waals surface area contributed by atoms with Crippen LogP contribution in [0.2, 0.25) is 0 Å². The molecule has 0 aliphatic carbocycles. The summed E-state index contributed by atoms with van der Waals surface area (Å²) in [5.74, 6) is 0.688. The van der Waals surface area contributed by atoms with E-state index >= 15 is 0 Å². The molecule has 13 heteroatoms. The summed E-state index contributed by atoms with van der Waals surface area (Å²) >= 11 is 0. The monoisotopic (exact) mass is 496 g/mol. The van der Waals surface area contributed by atoms with Crippen molar-refractivity contribution in [1.29, 1.82) is 0 Å². The zero-order valence-corrected chi connectivity index (χ0v) is 19.5. The van der Waals surface area contributed by atoms with Gasteiger partial charge in [-0.2, -0.15) is 0 Å². The minimum absolute atomic E-state index is 0.0157. The molecule has 3 aromatic rings. The van der Waals surface area contributed by atoms with E-state index in [1.165, 1.54) is 30.0 Å². The summed E-state index contributed by atoms with van der Waals surface area (Å²) in [5, 5.41) is 10.1. The first-order chi connectivity index (χ1) is 16.9. The van der Waals surface area contributed by atoms with E-state index in [1.54, 1.807) is 12.1 Å². The van der Waals surface area contributed by atoms with E-state index in [2.05, 4.69) is 36.1 Å². The Bertz CT molecular complexity index is 1560. The number of benzene rings is 1. The van der Waals surface area contributed by atoms with Crippen LogP contribution in [0.25, 0.3) is 22.7 Å². The number of nitrogens with zero attached hydrogens (tertiary/aromatic N) is 5. The molecule has 1 saturated heterocycles. The highest BCUT2D eigenvalue weighted by Gasteiger charge is 2.33. The number of para-hydroxylation sites is 1. The molecule has 0 atom stereocenters. The van der Waals surface area contributed by atoms with Gasteiger partial charge in [-0.05, 0) is 24.8 Å². The summed E-state index contributed by atoms with van der Waals surface area (Å²) < 4.78 is 45.0. The molecule has 1 aromatic carbocycles. The molecule has 2 aliphatic rings. The maximum Gasteiger partial charge on any atom is 0.241 e. The van der Waals surface area contributed by atoms with Crippen LogP contribution >= 0.6 is 0 Å². The third-order valence-corrected chi connectivity index (χ3v) is 6.84. The van der Waals surface area contributed by atoms with Crippen LogP contribution in [0.4, 0.5) is 5.82 Å². The quantitative estimate of drug-likeness (QED) is 0.467. The number of phenolic OH excluding ortho intramolecular Hbond substituents is 1. The normalized spacial score (nSPS) is 15.5. The minimum Gasteiger partial charge on any atom is -0.506 e. The molecule has 2 aromatic heterocycles. The Morgan fingerprint density at radius 3 is 2.86 bits per heavy atom. The number of nitrogens with one attached hydrogen (secondary N) is 1. The maximum atomic E-state index is 12.6. The molecule has 0 radical (unpaired) electrons. The number of hydrogen-bond acceptors (Lipinski definition) is 10. The van der Waals surface area contributed by atoms with Crippen LogP contribution in [0.1, 0.15) is 12.7 Å². The van der Waals surface area contributed by atoms with Gasteiger partial charge in [-0.15, -0.1) is 0 Å². The fourth-order valence-corrected chi connectivity index (χ4v) is 4.57. The molecular weight excluding hydrogens is 476 g/mol. The molecule has 0 spiro atoms. The predicted molar refractivity (Wildman–Crippen MR) is 126 cm³/mol. The van der Waals surface area contributed by atoms with Gasteiger partial charge in [0.2, 0.25) is 15.9 Å². The van der Waals surface area contributed by atoms with Crippen molar-refractivity contribution in [3.8, 4) is 17.2 Å². The van der Waals surface area contributed by atoms with Crippen molar-refractivity contribution in [1.82, 2.24) is 19.5 Å². The highest BCUT2D eigenvalue weighted by atomic mass is 32.2. The molecule has 180 valence electrons. The summed E-state index contributed by atoms with van der Waals surface area (Å²) in [6.07, 6.45) is 2.80. The van der Waals surface area contributed by atoms with Crippen molar-refractivity contribution in [2.75, 3.05) is 31.7 Å². The highest BCUT2D eigenvalue weighted by molar-refractivity contribution is 7.93. The summed E-state index contributed by atoms with van der Waals surface area (Å²) in [6, 6.07) is 4.75. The Balaban J connectivity index is 1.73. The van der Waals surface area contributed by atoms with E-state index in [4.69, 9.17) is 14.2 Å². The minimum atomic E-state index is -3.72. The summed E-state index contributed by atoms with van der Waals surface area (Å²) in [6.45, 7) is 2.44. The fourth-order valence-electron chi connectivity index (χ4n) is 3.46. The predicted octanol–water partition coefficient (Wildman–Crippen LogP) is 1.77. The van der Waals surface area contributed by atoms with Crippen molar-refractivity contribution in [2.45, 2.75) is 12.2 Å². The third kappa shape index (κ3) is 4.13. The SMILES string of the molecule is CCOC1=NC(c2nc3ncc(NS(=O)(=O)C4COC4)nc3n2-c2c(O)cccc2OC)=C=C=C1. The topological polar surface area (TPSA) is 150 Å². The van der Waals surface area contributed by atoms with E-state index in [0.29, 0.717) is 18.3 Å². The number of sulfonamides is 1. The van der Waals surface area contributed by atoms with Crippen LogP contribution in [-0.2, 0) is 19.5 Å². The second kappa shape index (κ2) is 8.90. The van der Waals surface area contributed by atoms with Crippen molar-refractivity contribution in [2.24, 2.45) is 4.99 Å². The lowest BCUT2D eigenvalue weighted by molar-refractivity contribution is 0.0418. The van der Waals surface area contributed by atoms with Crippen molar-refractivity contribution in [3.63, 3.8) is 0 Å². The first-order valence-electron chi connectivity index (χ1n) is 10.6. The molecule has 2 N–H and O–H groups in total. The zero-order chi connectivity index (χ0) is 24.6. The Morgan fingerprint density at radius 2 is 2.14 bits per heavy atom. The van der Waals surface area contributed by atoms with Crippen molar-refractivity contribution in [3.05, 3.63) is 47.8 Å². The molecule has 1 fully saturated rings. The summed E-state index contributed by atoms with van der Waals surface area (Å²) in [5.41, 5.74) is 6.53. The molecule has 0 saturated carbocycles. The molecule has 0 bridgehead atoms. The maximum absolute atomic E-state index is 12.6. The van der Waals surface area contributed by atoms with Crippen LogP contribution in [0.15, 0.2) is 46.9 Å². The Labute approximate surface area is 200 Å². The molecule has 2 aliphatic heterocycles. The number of aliphatic imine (C=N–C) groups is 1. The molecule has 5 rings (SSSR count). The number of fused-ring (bicyclic) bond motifs is 1. The van der Waals surface area contributed by atoms with Crippen LogP contribution < -0.4 is 9.46 Å². The summed E-state index contributed by atoms with van der Waals surface area (Å²) in [4.78, 5) is 17.7. The Hall–Kier alpha value is -4.15. The lowest BCUT2D eigenvalue weighted by atomic mass is 10.2. The third-order valence-electron chi connectivity index (χ3n) is 5.20. The van der Waals surface area contributed by atoms with Gasteiger partial charge in [0.15, 0.2) is 28.6 Å². The van der Waals surface area contributed by atoms with Crippen LogP contribution in [-0.4, -0.2) is 71.1 Å². The van der Waals surface area contributed by atoms with Crippen LogP contribution in [0.5, 0.6) is 11.5 Å². The van der Waals surface area contributed by atoms with E-state index in [0.717, 1.165) is 0 Å². The average molecular weight is 497 g/mol. The van der Waals surface area contributed by atoms with E-state index in [1.807, 2.05) is 6.92 Å².